The lowest BCUT2D eigenvalue weighted by Gasteiger charge is -2.24. The van der Waals surface area contributed by atoms with Gasteiger partial charge in [-0.2, -0.15) is 0 Å². The molecular weight excluding hydrogens is 290 g/mol. The Kier molecular flexibility index (Phi) is 3.98. The van der Waals surface area contributed by atoms with Gasteiger partial charge in [-0.1, -0.05) is 54.6 Å². The highest BCUT2D eigenvalue weighted by Crippen LogP contribution is 2.41. The molecule has 0 radical (unpaired) electrons. The molecular formula is C19H17NO3. The van der Waals surface area contributed by atoms with E-state index in [0.29, 0.717) is 11.3 Å². The van der Waals surface area contributed by atoms with Crippen molar-refractivity contribution in [1.82, 2.24) is 0 Å². The average Bonchev–Trinajstić information content (AvgIpc) is 2.87. The van der Waals surface area contributed by atoms with E-state index < -0.39 is 11.4 Å². The highest BCUT2D eigenvalue weighted by atomic mass is 16.5. The lowest BCUT2D eigenvalue weighted by atomic mass is 9.78. The molecule has 1 atom stereocenters. The first kappa shape index (κ1) is 15.0. The molecule has 0 aliphatic carbocycles. The number of rotatable bonds is 5. The number of hydrogen-bond donors (Lipinski definition) is 1. The van der Waals surface area contributed by atoms with E-state index >= 15 is 0 Å². The lowest BCUT2D eigenvalue weighted by molar-refractivity contribution is -0.154. The van der Waals surface area contributed by atoms with E-state index in [4.69, 9.17) is 4.74 Å². The number of fused-ring (bicyclic) bond motifs is 1. The maximum Gasteiger partial charge on any atom is 0.326 e. The van der Waals surface area contributed by atoms with E-state index in [1.807, 2.05) is 36.4 Å². The van der Waals surface area contributed by atoms with Crippen LogP contribution in [-0.2, 0) is 26.3 Å². The van der Waals surface area contributed by atoms with Crippen LogP contribution in [0.25, 0.3) is 0 Å². The summed E-state index contributed by atoms with van der Waals surface area (Å²) in [5.74, 6) is -0.916. The van der Waals surface area contributed by atoms with Crippen molar-refractivity contribution in [3.63, 3.8) is 0 Å². The summed E-state index contributed by atoms with van der Waals surface area (Å²) in [4.78, 5) is 25.3. The molecule has 4 nitrogen and oxygen atoms in total. The van der Waals surface area contributed by atoms with Crippen molar-refractivity contribution in [3.8, 4) is 0 Å². The van der Waals surface area contributed by atoms with Crippen molar-refractivity contribution in [3.05, 3.63) is 78.4 Å². The third-order valence-electron chi connectivity index (χ3n) is 4.03. The van der Waals surface area contributed by atoms with Crippen LogP contribution in [0.5, 0.6) is 0 Å². The van der Waals surface area contributed by atoms with E-state index in [0.717, 1.165) is 5.56 Å². The van der Waals surface area contributed by atoms with Crippen molar-refractivity contribution >= 4 is 17.6 Å². The molecule has 3 rings (SSSR count). The minimum absolute atomic E-state index is 0.133. The number of carbonyl (C=O) groups is 2. The summed E-state index contributed by atoms with van der Waals surface area (Å²) in [5, 5.41) is 2.76. The normalized spacial score (nSPS) is 18.9. The summed E-state index contributed by atoms with van der Waals surface area (Å²) in [6.07, 6.45) is 1.77. The summed E-state index contributed by atoms with van der Waals surface area (Å²) in [7, 11) is 0. The number of ether oxygens (including phenoxy) is 1. The molecule has 2 aromatic carbocycles. The van der Waals surface area contributed by atoms with Gasteiger partial charge < -0.3 is 10.1 Å². The van der Waals surface area contributed by atoms with E-state index in [1.165, 1.54) is 0 Å². The fourth-order valence-electron chi connectivity index (χ4n) is 2.87. The number of nitrogens with one attached hydrogen (secondary N) is 1. The third-order valence-corrected chi connectivity index (χ3v) is 4.03. The molecule has 1 aliphatic heterocycles. The third kappa shape index (κ3) is 2.52. The number of hydrogen-bond acceptors (Lipinski definition) is 3. The van der Waals surface area contributed by atoms with Crippen LogP contribution < -0.4 is 5.32 Å². The first-order chi connectivity index (χ1) is 11.2. The van der Waals surface area contributed by atoms with Gasteiger partial charge in [0.05, 0.1) is 0 Å². The van der Waals surface area contributed by atoms with Crippen LogP contribution in [0, 0.1) is 0 Å². The second-order valence-corrected chi connectivity index (χ2v) is 5.46. The Morgan fingerprint density at radius 1 is 1.13 bits per heavy atom. The van der Waals surface area contributed by atoms with Gasteiger partial charge in [0.1, 0.15) is 6.61 Å². The number of anilines is 1. The molecule has 0 spiro atoms. The molecule has 2 aromatic rings. The van der Waals surface area contributed by atoms with E-state index in [1.54, 1.807) is 24.3 Å². The van der Waals surface area contributed by atoms with Gasteiger partial charge >= 0.3 is 5.97 Å². The zero-order chi connectivity index (χ0) is 16.3. The minimum atomic E-state index is -1.35. The maximum atomic E-state index is 12.8. The molecule has 0 aromatic heterocycles. The average molecular weight is 307 g/mol. The highest BCUT2D eigenvalue weighted by molar-refractivity contribution is 6.19. The van der Waals surface area contributed by atoms with Crippen molar-refractivity contribution < 1.29 is 14.3 Å². The maximum absolute atomic E-state index is 12.8. The molecule has 1 N–H and O–H groups in total. The minimum Gasteiger partial charge on any atom is -0.460 e. The Labute approximate surface area is 134 Å². The summed E-state index contributed by atoms with van der Waals surface area (Å²) in [6, 6.07) is 16.6. The molecule has 4 heteroatoms. The predicted molar refractivity (Wildman–Crippen MR) is 87.8 cm³/mol. The first-order valence-electron chi connectivity index (χ1n) is 7.41. The molecule has 0 fully saturated rings. The number of amides is 1. The number of allylic oxidation sites excluding steroid dienone is 1. The van der Waals surface area contributed by atoms with Crippen LogP contribution in [0.4, 0.5) is 5.69 Å². The Bertz CT molecular complexity index is 754. The zero-order valence-corrected chi connectivity index (χ0v) is 12.6. The fraction of sp³-hybridized carbons (Fsp3) is 0.158. The zero-order valence-electron chi connectivity index (χ0n) is 12.6. The summed E-state index contributed by atoms with van der Waals surface area (Å²) < 4.78 is 5.45. The molecule has 1 aliphatic rings. The largest absolute Gasteiger partial charge is 0.460 e. The standard InChI is InChI=1S/C19H17NO3/c1-2-12-19(15-10-6-7-11-16(15)20-17(19)21)18(22)23-13-14-8-4-3-5-9-14/h2-11H,1,12-13H2,(H,20,21)/t19-/m0/s1. The van der Waals surface area contributed by atoms with Gasteiger partial charge in [-0.3, -0.25) is 9.59 Å². The molecule has 1 heterocycles. The predicted octanol–water partition coefficient (Wildman–Crippen LogP) is 3.20. The summed E-state index contributed by atoms with van der Waals surface area (Å²) >= 11 is 0. The van der Waals surface area contributed by atoms with Crippen molar-refractivity contribution in [1.29, 1.82) is 0 Å². The molecule has 1 amide bonds. The van der Waals surface area contributed by atoms with Crippen LogP contribution in [0.2, 0.25) is 0 Å². The fourth-order valence-corrected chi connectivity index (χ4v) is 2.87. The van der Waals surface area contributed by atoms with Gasteiger partial charge in [0, 0.05) is 11.3 Å². The smallest absolute Gasteiger partial charge is 0.326 e. The molecule has 0 saturated heterocycles. The number of carbonyl (C=O) groups excluding carboxylic acids is 2. The molecule has 0 bridgehead atoms. The quantitative estimate of drug-likeness (QED) is 0.524. The Hall–Kier alpha value is -2.88. The second-order valence-electron chi connectivity index (χ2n) is 5.46. The van der Waals surface area contributed by atoms with Crippen LogP contribution in [0.3, 0.4) is 0 Å². The van der Waals surface area contributed by atoms with Crippen LogP contribution in [-0.4, -0.2) is 11.9 Å². The number of para-hydroxylation sites is 1. The first-order valence-corrected chi connectivity index (χ1v) is 7.41. The molecule has 0 unspecified atom stereocenters. The van der Waals surface area contributed by atoms with Gasteiger partial charge in [-0.05, 0) is 18.1 Å². The Morgan fingerprint density at radius 3 is 2.57 bits per heavy atom. The lowest BCUT2D eigenvalue weighted by Crippen LogP contribution is -2.43. The van der Waals surface area contributed by atoms with E-state index in [2.05, 4.69) is 11.9 Å². The van der Waals surface area contributed by atoms with Crippen LogP contribution in [0.15, 0.2) is 67.3 Å². The summed E-state index contributed by atoms with van der Waals surface area (Å²) in [6.45, 7) is 3.82. The Morgan fingerprint density at radius 2 is 1.83 bits per heavy atom. The molecule has 23 heavy (non-hydrogen) atoms. The van der Waals surface area contributed by atoms with Gasteiger partial charge in [0.15, 0.2) is 5.41 Å². The van der Waals surface area contributed by atoms with Crippen LogP contribution in [0.1, 0.15) is 17.5 Å². The topological polar surface area (TPSA) is 55.4 Å². The Balaban J connectivity index is 1.90. The molecule has 0 saturated carbocycles. The van der Waals surface area contributed by atoms with Crippen molar-refractivity contribution in [2.45, 2.75) is 18.4 Å². The number of esters is 1. The SMILES string of the molecule is C=CC[C@@]1(C(=O)OCc2ccccc2)C(=O)Nc2ccccc21. The van der Waals surface area contributed by atoms with Gasteiger partial charge in [0.25, 0.3) is 0 Å². The van der Waals surface area contributed by atoms with E-state index in [-0.39, 0.29) is 18.9 Å². The van der Waals surface area contributed by atoms with Gasteiger partial charge in [0.2, 0.25) is 5.91 Å². The number of benzene rings is 2. The molecule has 116 valence electrons. The van der Waals surface area contributed by atoms with Crippen LogP contribution >= 0.6 is 0 Å². The van der Waals surface area contributed by atoms with Crippen molar-refractivity contribution in [2.75, 3.05) is 5.32 Å². The highest BCUT2D eigenvalue weighted by Gasteiger charge is 2.53. The van der Waals surface area contributed by atoms with E-state index in [9.17, 15) is 9.59 Å². The van der Waals surface area contributed by atoms with Crippen molar-refractivity contribution in [2.24, 2.45) is 0 Å². The second kappa shape index (κ2) is 6.08. The van der Waals surface area contributed by atoms with Gasteiger partial charge in [-0.15, -0.1) is 6.58 Å². The van der Waals surface area contributed by atoms with Gasteiger partial charge in [-0.25, -0.2) is 0 Å². The summed E-state index contributed by atoms with van der Waals surface area (Å²) in [5.41, 5.74) is 0.813. The monoisotopic (exact) mass is 307 g/mol.